The van der Waals surface area contributed by atoms with Crippen molar-refractivity contribution in [3.05, 3.63) is 29.3 Å². The normalized spacial score (nSPS) is 12.1. The van der Waals surface area contributed by atoms with Gasteiger partial charge >= 0.3 is 0 Å². The quantitative estimate of drug-likeness (QED) is 0.834. The second kappa shape index (κ2) is 7.03. The van der Waals surface area contributed by atoms with E-state index >= 15 is 0 Å². The van der Waals surface area contributed by atoms with E-state index in [0.29, 0.717) is 11.4 Å². The molecule has 1 rings (SSSR count). The van der Waals surface area contributed by atoms with Crippen LogP contribution in [0, 0.1) is 13.8 Å². The molecular formula is C14H23NO3S. The van der Waals surface area contributed by atoms with Crippen LogP contribution in [0.25, 0.3) is 0 Å². The van der Waals surface area contributed by atoms with E-state index in [1.54, 1.807) is 13.0 Å². The van der Waals surface area contributed by atoms with Crippen molar-refractivity contribution >= 4 is 10.0 Å². The zero-order chi connectivity index (χ0) is 14.5. The number of aliphatic hydroxyl groups is 1. The van der Waals surface area contributed by atoms with Crippen LogP contribution in [0.3, 0.4) is 0 Å². The Hall–Kier alpha value is -0.910. The molecule has 0 bridgehead atoms. The third kappa shape index (κ3) is 4.03. The molecule has 0 atom stereocenters. The van der Waals surface area contributed by atoms with Crippen molar-refractivity contribution in [1.29, 1.82) is 0 Å². The van der Waals surface area contributed by atoms with Crippen LogP contribution in [0.1, 0.15) is 30.9 Å². The van der Waals surface area contributed by atoms with Crippen LogP contribution in [0.5, 0.6) is 0 Å². The Morgan fingerprint density at radius 2 is 1.89 bits per heavy atom. The van der Waals surface area contributed by atoms with E-state index in [9.17, 15) is 8.42 Å². The lowest BCUT2D eigenvalue weighted by atomic mass is 10.2. The largest absolute Gasteiger partial charge is 0.395 e. The van der Waals surface area contributed by atoms with E-state index in [1.165, 1.54) is 4.31 Å². The van der Waals surface area contributed by atoms with E-state index in [4.69, 9.17) is 5.11 Å². The zero-order valence-corrected chi connectivity index (χ0v) is 12.7. The van der Waals surface area contributed by atoms with Crippen LogP contribution >= 0.6 is 0 Å². The fourth-order valence-electron chi connectivity index (χ4n) is 1.92. The summed E-state index contributed by atoms with van der Waals surface area (Å²) in [5.74, 6) is 0. The van der Waals surface area contributed by atoms with Crippen molar-refractivity contribution in [2.24, 2.45) is 0 Å². The van der Waals surface area contributed by atoms with E-state index in [2.05, 4.69) is 0 Å². The molecule has 0 heterocycles. The molecule has 1 N–H and O–H groups in total. The smallest absolute Gasteiger partial charge is 0.243 e. The predicted molar refractivity (Wildman–Crippen MR) is 76.7 cm³/mol. The van der Waals surface area contributed by atoms with Crippen molar-refractivity contribution in [1.82, 2.24) is 4.31 Å². The zero-order valence-electron chi connectivity index (χ0n) is 11.9. The fraction of sp³-hybridized carbons (Fsp3) is 0.571. The summed E-state index contributed by atoms with van der Waals surface area (Å²) in [6.45, 7) is 6.13. The lowest BCUT2D eigenvalue weighted by Gasteiger charge is -2.22. The minimum Gasteiger partial charge on any atom is -0.395 e. The van der Waals surface area contributed by atoms with Gasteiger partial charge in [0, 0.05) is 13.1 Å². The van der Waals surface area contributed by atoms with Gasteiger partial charge in [0.05, 0.1) is 11.5 Å². The Labute approximate surface area is 116 Å². The summed E-state index contributed by atoms with van der Waals surface area (Å²) in [6, 6.07) is 5.41. The molecule has 0 aliphatic heterocycles. The van der Waals surface area contributed by atoms with Gasteiger partial charge in [0.15, 0.2) is 0 Å². The fourth-order valence-corrected chi connectivity index (χ4v) is 3.70. The molecular weight excluding hydrogens is 262 g/mol. The summed E-state index contributed by atoms with van der Waals surface area (Å²) in [5.41, 5.74) is 1.66. The first kappa shape index (κ1) is 16.1. The summed E-state index contributed by atoms with van der Waals surface area (Å²) >= 11 is 0. The molecule has 0 fully saturated rings. The topological polar surface area (TPSA) is 57.6 Å². The minimum atomic E-state index is -3.52. The highest BCUT2D eigenvalue weighted by atomic mass is 32.2. The second-order valence-electron chi connectivity index (χ2n) is 4.75. The van der Waals surface area contributed by atoms with Gasteiger partial charge in [0.1, 0.15) is 0 Å². The van der Waals surface area contributed by atoms with Crippen LogP contribution in [-0.2, 0) is 10.0 Å². The number of hydrogen-bond donors (Lipinski definition) is 1. The standard InChI is InChI=1S/C14H23NO3S/c1-4-5-8-15(9-10-16)19(17,18)14-11-12(2)6-7-13(14)3/h6-7,11,16H,4-5,8-10H2,1-3H3. The van der Waals surface area contributed by atoms with Gasteiger partial charge in [0.25, 0.3) is 0 Å². The number of unbranched alkanes of at least 4 members (excludes halogenated alkanes) is 1. The number of sulfonamides is 1. The van der Waals surface area contributed by atoms with Crippen LogP contribution < -0.4 is 0 Å². The van der Waals surface area contributed by atoms with Gasteiger partial charge in [-0.25, -0.2) is 8.42 Å². The van der Waals surface area contributed by atoms with Gasteiger partial charge in [0.2, 0.25) is 10.0 Å². The molecule has 0 radical (unpaired) electrons. The lowest BCUT2D eigenvalue weighted by molar-refractivity contribution is 0.252. The van der Waals surface area contributed by atoms with Gasteiger partial charge in [-0.05, 0) is 37.5 Å². The Morgan fingerprint density at radius 1 is 1.21 bits per heavy atom. The van der Waals surface area contributed by atoms with E-state index < -0.39 is 10.0 Å². The van der Waals surface area contributed by atoms with E-state index in [-0.39, 0.29) is 13.2 Å². The van der Waals surface area contributed by atoms with Crippen molar-refractivity contribution in [3.63, 3.8) is 0 Å². The molecule has 4 nitrogen and oxygen atoms in total. The molecule has 0 aliphatic rings. The highest BCUT2D eigenvalue weighted by Gasteiger charge is 2.25. The van der Waals surface area contributed by atoms with Crippen molar-refractivity contribution in [3.8, 4) is 0 Å². The molecule has 0 saturated carbocycles. The Balaban J connectivity index is 3.14. The van der Waals surface area contributed by atoms with E-state index in [1.807, 2.05) is 26.0 Å². The van der Waals surface area contributed by atoms with Crippen molar-refractivity contribution < 1.29 is 13.5 Å². The van der Waals surface area contributed by atoms with Gasteiger partial charge in [-0.2, -0.15) is 4.31 Å². The SMILES string of the molecule is CCCCN(CCO)S(=O)(=O)c1cc(C)ccc1C. The van der Waals surface area contributed by atoms with Crippen molar-refractivity contribution in [2.45, 2.75) is 38.5 Å². The lowest BCUT2D eigenvalue weighted by Crippen LogP contribution is -2.34. The molecule has 108 valence electrons. The molecule has 1 aromatic carbocycles. The third-order valence-corrected chi connectivity index (χ3v) is 5.11. The first-order valence-electron chi connectivity index (χ1n) is 6.61. The molecule has 0 saturated heterocycles. The molecule has 0 spiro atoms. The van der Waals surface area contributed by atoms with Gasteiger partial charge in [-0.15, -0.1) is 0 Å². The average Bonchev–Trinajstić information content (AvgIpc) is 2.37. The van der Waals surface area contributed by atoms with Crippen LogP contribution in [0.2, 0.25) is 0 Å². The Bertz CT molecular complexity index is 511. The highest BCUT2D eigenvalue weighted by Crippen LogP contribution is 2.21. The average molecular weight is 285 g/mol. The molecule has 0 amide bonds. The van der Waals surface area contributed by atoms with Gasteiger partial charge in [-0.3, -0.25) is 0 Å². The summed E-state index contributed by atoms with van der Waals surface area (Å²) in [5, 5.41) is 9.06. The van der Waals surface area contributed by atoms with Crippen LogP contribution in [0.15, 0.2) is 23.1 Å². The maximum absolute atomic E-state index is 12.6. The van der Waals surface area contributed by atoms with Crippen LogP contribution in [-0.4, -0.2) is 37.5 Å². The summed E-state index contributed by atoms with van der Waals surface area (Å²) in [7, 11) is -3.52. The second-order valence-corrected chi connectivity index (χ2v) is 6.66. The predicted octanol–water partition coefficient (Wildman–Crippen LogP) is 2.09. The molecule has 19 heavy (non-hydrogen) atoms. The molecule has 0 aliphatic carbocycles. The van der Waals surface area contributed by atoms with Gasteiger partial charge < -0.3 is 5.11 Å². The summed E-state index contributed by atoms with van der Waals surface area (Å²) < 4.78 is 26.6. The Kier molecular flexibility index (Phi) is 5.97. The van der Waals surface area contributed by atoms with Crippen LogP contribution in [0.4, 0.5) is 0 Å². The maximum Gasteiger partial charge on any atom is 0.243 e. The summed E-state index contributed by atoms with van der Waals surface area (Å²) in [4.78, 5) is 0.344. The first-order chi connectivity index (χ1) is 8.93. The minimum absolute atomic E-state index is 0.149. The monoisotopic (exact) mass is 285 g/mol. The first-order valence-corrected chi connectivity index (χ1v) is 8.05. The number of benzene rings is 1. The Morgan fingerprint density at radius 3 is 2.47 bits per heavy atom. The van der Waals surface area contributed by atoms with Crippen molar-refractivity contribution in [2.75, 3.05) is 19.7 Å². The molecule has 0 unspecified atom stereocenters. The van der Waals surface area contributed by atoms with E-state index in [0.717, 1.165) is 24.0 Å². The number of aryl methyl sites for hydroxylation is 2. The number of aliphatic hydroxyl groups excluding tert-OH is 1. The highest BCUT2D eigenvalue weighted by molar-refractivity contribution is 7.89. The number of rotatable bonds is 7. The third-order valence-electron chi connectivity index (χ3n) is 3.07. The molecule has 5 heteroatoms. The molecule has 0 aromatic heterocycles. The number of hydrogen-bond acceptors (Lipinski definition) is 3. The van der Waals surface area contributed by atoms with Gasteiger partial charge in [-0.1, -0.05) is 25.5 Å². The maximum atomic E-state index is 12.6. The summed E-state index contributed by atoms with van der Waals surface area (Å²) in [6.07, 6.45) is 1.72. The molecule has 1 aromatic rings. The number of nitrogens with zero attached hydrogens (tertiary/aromatic N) is 1.